The molecule has 0 aliphatic heterocycles. The van der Waals surface area contributed by atoms with Crippen LogP contribution in [0, 0.1) is 17.2 Å². The first-order valence-electron chi connectivity index (χ1n) is 5.45. The summed E-state index contributed by atoms with van der Waals surface area (Å²) in [6.07, 6.45) is 0.789. The van der Waals surface area contributed by atoms with Gasteiger partial charge in [-0.2, -0.15) is 5.26 Å². The lowest BCUT2D eigenvalue weighted by atomic mass is 10.1. The Hall–Kier alpha value is -1.38. The van der Waals surface area contributed by atoms with Crippen LogP contribution >= 0.6 is 0 Å². The van der Waals surface area contributed by atoms with Crippen molar-refractivity contribution in [3.05, 3.63) is 29.8 Å². The van der Waals surface area contributed by atoms with Crippen molar-refractivity contribution >= 4 is 10.0 Å². The molecule has 5 heteroatoms. The van der Waals surface area contributed by atoms with Crippen LogP contribution in [0.15, 0.2) is 29.2 Å². The first-order chi connectivity index (χ1) is 7.95. The molecule has 0 amide bonds. The van der Waals surface area contributed by atoms with Crippen molar-refractivity contribution in [3.63, 3.8) is 0 Å². The highest BCUT2D eigenvalue weighted by Crippen LogP contribution is 2.11. The number of rotatable bonds is 5. The summed E-state index contributed by atoms with van der Waals surface area (Å²) in [5, 5.41) is 8.71. The molecule has 0 spiro atoms. The fourth-order valence-electron chi connectivity index (χ4n) is 1.30. The standard InChI is InChI=1S/C12H16N2O2S/c1-10(2)6-7-14-17(15,16)12-5-3-4-11(8-12)9-13/h3-5,8,10,14H,6-7H2,1-2H3. The summed E-state index contributed by atoms with van der Waals surface area (Å²) in [7, 11) is -3.49. The summed E-state index contributed by atoms with van der Waals surface area (Å²) in [6.45, 7) is 4.48. The molecule has 0 heterocycles. The van der Waals surface area contributed by atoms with Crippen molar-refractivity contribution in [2.75, 3.05) is 6.54 Å². The summed E-state index contributed by atoms with van der Waals surface area (Å²) < 4.78 is 26.2. The van der Waals surface area contributed by atoms with Gasteiger partial charge in [0.1, 0.15) is 0 Å². The van der Waals surface area contributed by atoms with E-state index in [1.54, 1.807) is 12.1 Å². The van der Waals surface area contributed by atoms with Crippen LogP contribution in [0.2, 0.25) is 0 Å². The van der Waals surface area contributed by atoms with Crippen molar-refractivity contribution in [1.82, 2.24) is 4.72 Å². The summed E-state index contributed by atoms with van der Waals surface area (Å²) in [4.78, 5) is 0.139. The molecule has 17 heavy (non-hydrogen) atoms. The molecule has 1 rings (SSSR count). The number of nitriles is 1. The van der Waals surface area contributed by atoms with Crippen molar-refractivity contribution in [3.8, 4) is 6.07 Å². The van der Waals surface area contributed by atoms with Crippen molar-refractivity contribution in [2.24, 2.45) is 5.92 Å². The van der Waals surface area contributed by atoms with Gasteiger partial charge < -0.3 is 0 Å². The van der Waals surface area contributed by atoms with Crippen LogP contribution in [0.4, 0.5) is 0 Å². The molecule has 0 saturated heterocycles. The minimum Gasteiger partial charge on any atom is -0.211 e. The zero-order valence-corrected chi connectivity index (χ0v) is 10.8. The third kappa shape index (κ3) is 4.17. The molecule has 1 aromatic carbocycles. The Balaban J connectivity index is 2.79. The third-order valence-corrected chi connectivity index (χ3v) is 3.75. The summed E-state index contributed by atoms with van der Waals surface area (Å²) >= 11 is 0. The van der Waals surface area contributed by atoms with Crippen molar-refractivity contribution < 1.29 is 8.42 Å². The van der Waals surface area contributed by atoms with Crippen LogP contribution in [0.3, 0.4) is 0 Å². The van der Waals surface area contributed by atoms with E-state index in [4.69, 9.17) is 5.26 Å². The van der Waals surface area contributed by atoms with Crippen LogP contribution in [-0.2, 0) is 10.0 Å². The van der Waals surface area contributed by atoms with Crippen LogP contribution in [0.5, 0.6) is 0 Å². The Labute approximate surface area is 102 Å². The van der Waals surface area contributed by atoms with Gasteiger partial charge in [0.05, 0.1) is 16.5 Å². The lowest BCUT2D eigenvalue weighted by molar-refractivity contribution is 0.551. The Morgan fingerprint density at radius 3 is 2.71 bits per heavy atom. The largest absolute Gasteiger partial charge is 0.240 e. The second-order valence-electron chi connectivity index (χ2n) is 4.22. The zero-order valence-electron chi connectivity index (χ0n) is 9.97. The third-order valence-electron chi connectivity index (χ3n) is 2.29. The molecule has 0 saturated carbocycles. The SMILES string of the molecule is CC(C)CCNS(=O)(=O)c1cccc(C#N)c1. The molecule has 4 nitrogen and oxygen atoms in total. The van der Waals surface area contributed by atoms with E-state index in [0.717, 1.165) is 6.42 Å². The van der Waals surface area contributed by atoms with Gasteiger partial charge in [0.15, 0.2) is 0 Å². The Kier molecular flexibility index (Phi) is 4.67. The molecule has 92 valence electrons. The molecule has 0 atom stereocenters. The van der Waals surface area contributed by atoms with Crippen LogP contribution < -0.4 is 4.72 Å². The van der Waals surface area contributed by atoms with Gasteiger partial charge in [0.2, 0.25) is 10.0 Å². The summed E-state index contributed by atoms with van der Waals surface area (Å²) in [6, 6.07) is 7.92. The van der Waals surface area contributed by atoms with Gasteiger partial charge in [-0.1, -0.05) is 19.9 Å². The average molecular weight is 252 g/mol. The summed E-state index contributed by atoms with van der Waals surface area (Å²) in [5.74, 6) is 0.447. The topological polar surface area (TPSA) is 70.0 Å². The molecule has 0 fully saturated rings. The zero-order chi connectivity index (χ0) is 12.9. The van der Waals surface area contributed by atoms with Gasteiger partial charge in [-0.15, -0.1) is 0 Å². The van der Waals surface area contributed by atoms with E-state index in [0.29, 0.717) is 18.0 Å². The van der Waals surface area contributed by atoms with E-state index in [9.17, 15) is 8.42 Å². The van der Waals surface area contributed by atoms with E-state index >= 15 is 0 Å². The minimum absolute atomic E-state index is 0.139. The van der Waals surface area contributed by atoms with Gasteiger partial charge in [-0.25, -0.2) is 13.1 Å². The van der Waals surface area contributed by atoms with E-state index < -0.39 is 10.0 Å². The highest BCUT2D eigenvalue weighted by molar-refractivity contribution is 7.89. The molecule has 0 radical (unpaired) electrons. The smallest absolute Gasteiger partial charge is 0.211 e. The predicted molar refractivity (Wildman–Crippen MR) is 65.8 cm³/mol. The number of sulfonamides is 1. The molecule has 0 aliphatic carbocycles. The Bertz CT molecular complexity index is 516. The minimum atomic E-state index is -3.49. The lowest BCUT2D eigenvalue weighted by Crippen LogP contribution is -2.25. The Morgan fingerprint density at radius 1 is 1.41 bits per heavy atom. The lowest BCUT2D eigenvalue weighted by Gasteiger charge is -2.08. The van der Waals surface area contributed by atoms with Gasteiger partial charge in [0.25, 0.3) is 0 Å². The first-order valence-corrected chi connectivity index (χ1v) is 6.94. The maximum absolute atomic E-state index is 11.9. The molecule has 0 bridgehead atoms. The quantitative estimate of drug-likeness (QED) is 0.869. The maximum Gasteiger partial charge on any atom is 0.240 e. The van der Waals surface area contributed by atoms with E-state index in [-0.39, 0.29) is 4.90 Å². The number of nitrogens with one attached hydrogen (secondary N) is 1. The molecule has 0 aromatic heterocycles. The normalized spacial score (nSPS) is 11.4. The molecule has 0 aliphatic rings. The molecule has 1 aromatic rings. The van der Waals surface area contributed by atoms with Gasteiger partial charge >= 0.3 is 0 Å². The fraction of sp³-hybridized carbons (Fsp3) is 0.417. The highest BCUT2D eigenvalue weighted by atomic mass is 32.2. The van der Waals surface area contributed by atoms with Gasteiger partial charge in [-0.3, -0.25) is 0 Å². The number of nitrogens with zero attached hydrogens (tertiary/aromatic N) is 1. The van der Waals surface area contributed by atoms with E-state index in [1.165, 1.54) is 12.1 Å². The van der Waals surface area contributed by atoms with E-state index in [2.05, 4.69) is 4.72 Å². The average Bonchev–Trinajstić information content (AvgIpc) is 2.28. The molecule has 1 N–H and O–H groups in total. The molecular formula is C12H16N2O2S. The number of hydrogen-bond donors (Lipinski definition) is 1. The van der Waals surface area contributed by atoms with Crippen molar-refractivity contribution in [1.29, 1.82) is 5.26 Å². The Morgan fingerprint density at radius 2 is 2.12 bits per heavy atom. The van der Waals surface area contributed by atoms with Crippen LogP contribution in [-0.4, -0.2) is 15.0 Å². The molecular weight excluding hydrogens is 236 g/mol. The summed E-state index contributed by atoms with van der Waals surface area (Å²) in [5.41, 5.74) is 0.344. The second-order valence-corrected chi connectivity index (χ2v) is 5.99. The fourth-order valence-corrected chi connectivity index (χ4v) is 2.39. The van der Waals surface area contributed by atoms with Crippen LogP contribution in [0.1, 0.15) is 25.8 Å². The number of hydrogen-bond acceptors (Lipinski definition) is 3. The van der Waals surface area contributed by atoms with Crippen molar-refractivity contribution in [2.45, 2.75) is 25.2 Å². The van der Waals surface area contributed by atoms with Gasteiger partial charge in [-0.05, 0) is 30.5 Å². The number of benzene rings is 1. The molecule has 0 unspecified atom stereocenters. The monoisotopic (exact) mass is 252 g/mol. The van der Waals surface area contributed by atoms with Crippen LogP contribution in [0.25, 0.3) is 0 Å². The van der Waals surface area contributed by atoms with Gasteiger partial charge in [0, 0.05) is 6.54 Å². The maximum atomic E-state index is 11.9. The second kappa shape index (κ2) is 5.80. The first kappa shape index (κ1) is 13.7. The highest BCUT2D eigenvalue weighted by Gasteiger charge is 2.13. The van der Waals surface area contributed by atoms with E-state index in [1.807, 2.05) is 19.9 Å². The predicted octanol–water partition coefficient (Wildman–Crippen LogP) is 1.88.